The Morgan fingerprint density at radius 2 is 1.79 bits per heavy atom. The largest absolute Gasteiger partial charge is 0.493 e. The van der Waals surface area contributed by atoms with E-state index in [0.717, 1.165) is 55.0 Å². The zero-order valence-corrected chi connectivity index (χ0v) is 19.9. The summed E-state index contributed by atoms with van der Waals surface area (Å²) < 4.78 is 16.6. The van der Waals surface area contributed by atoms with Gasteiger partial charge < -0.3 is 24.0 Å². The number of carbonyl (C=O) groups is 1. The third-order valence-corrected chi connectivity index (χ3v) is 7.32. The normalized spacial score (nSPS) is 21.2. The second-order valence-electron chi connectivity index (χ2n) is 9.60. The standard InChI is InChI=1S/C27H32N2O4/c1-18-11-21-12-25(31-3)26(32-4)13-23(21)24(14-29(18)19(2)30)20-5-7-22(8-6-20)28-10-9-27(15-28)16-33-17-27/h5-8,12-14,18H,9-11,15-17H2,1-4H3. The monoisotopic (exact) mass is 448 g/mol. The number of benzene rings is 2. The lowest BCUT2D eigenvalue weighted by molar-refractivity contribution is -0.127. The number of ether oxygens (including phenoxy) is 3. The highest BCUT2D eigenvalue weighted by Crippen LogP contribution is 2.41. The van der Waals surface area contributed by atoms with Crippen molar-refractivity contribution < 1.29 is 19.0 Å². The Hall–Kier alpha value is -2.99. The average Bonchev–Trinajstić information content (AvgIpc) is 3.20. The van der Waals surface area contributed by atoms with Gasteiger partial charge in [0.05, 0.1) is 27.4 Å². The van der Waals surface area contributed by atoms with Crippen LogP contribution in [0.15, 0.2) is 42.6 Å². The predicted molar refractivity (Wildman–Crippen MR) is 129 cm³/mol. The molecule has 6 heteroatoms. The fourth-order valence-corrected chi connectivity index (χ4v) is 5.36. The molecule has 3 heterocycles. The smallest absolute Gasteiger partial charge is 0.223 e. The SMILES string of the molecule is COc1cc2c(cc1OC)C(c1ccc(N3CCC4(COC4)C3)cc1)=CN(C(C)=O)C(C)C2. The van der Waals surface area contributed by atoms with E-state index in [1.165, 1.54) is 12.1 Å². The maximum Gasteiger partial charge on any atom is 0.223 e. The van der Waals surface area contributed by atoms with Gasteiger partial charge in [0.1, 0.15) is 0 Å². The van der Waals surface area contributed by atoms with Crippen LogP contribution >= 0.6 is 0 Å². The highest BCUT2D eigenvalue weighted by atomic mass is 16.5. The number of nitrogens with zero attached hydrogens (tertiary/aromatic N) is 2. The minimum atomic E-state index is 0.0356. The van der Waals surface area contributed by atoms with Crippen LogP contribution in [-0.4, -0.2) is 57.4 Å². The van der Waals surface area contributed by atoms with Crippen LogP contribution in [0.2, 0.25) is 0 Å². The molecular weight excluding hydrogens is 416 g/mol. The Bertz CT molecular complexity index is 1090. The molecule has 0 bridgehead atoms. The summed E-state index contributed by atoms with van der Waals surface area (Å²) in [5.74, 6) is 1.43. The molecule has 1 unspecified atom stereocenters. The number of hydrogen-bond acceptors (Lipinski definition) is 5. The number of fused-ring (bicyclic) bond motifs is 1. The Balaban J connectivity index is 1.53. The maximum atomic E-state index is 12.5. The second-order valence-corrected chi connectivity index (χ2v) is 9.60. The average molecular weight is 449 g/mol. The number of hydrogen-bond donors (Lipinski definition) is 0. The van der Waals surface area contributed by atoms with Gasteiger partial charge in [0.25, 0.3) is 0 Å². The minimum absolute atomic E-state index is 0.0356. The van der Waals surface area contributed by atoms with E-state index in [4.69, 9.17) is 14.2 Å². The molecule has 1 spiro atoms. The van der Waals surface area contributed by atoms with Crippen molar-refractivity contribution in [3.63, 3.8) is 0 Å². The van der Waals surface area contributed by atoms with Crippen LogP contribution in [0, 0.1) is 5.41 Å². The molecule has 0 saturated carbocycles. The summed E-state index contributed by atoms with van der Waals surface area (Å²) in [5.41, 5.74) is 5.90. The van der Waals surface area contributed by atoms with Crippen LogP contribution < -0.4 is 14.4 Å². The van der Waals surface area contributed by atoms with Crippen LogP contribution in [0.5, 0.6) is 11.5 Å². The first-order valence-corrected chi connectivity index (χ1v) is 11.6. The summed E-state index contributed by atoms with van der Waals surface area (Å²) in [5, 5.41) is 0. The van der Waals surface area contributed by atoms with Crippen LogP contribution in [0.1, 0.15) is 37.0 Å². The van der Waals surface area contributed by atoms with Gasteiger partial charge in [-0.2, -0.15) is 0 Å². The van der Waals surface area contributed by atoms with Crippen molar-refractivity contribution in [2.75, 3.05) is 45.4 Å². The third-order valence-electron chi connectivity index (χ3n) is 7.32. The lowest BCUT2D eigenvalue weighted by Crippen LogP contribution is -2.44. The Morgan fingerprint density at radius 3 is 2.36 bits per heavy atom. The van der Waals surface area contributed by atoms with Crippen LogP contribution in [0.3, 0.4) is 0 Å². The highest BCUT2D eigenvalue weighted by Gasteiger charge is 2.44. The Kier molecular flexibility index (Phi) is 5.57. The van der Waals surface area contributed by atoms with E-state index >= 15 is 0 Å². The van der Waals surface area contributed by atoms with E-state index in [1.54, 1.807) is 21.1 Å². The minimum Gasteiger partial charge on any atom is -0.493 e. The first-order valence-electron chi connectivity index (χ1n) is 11.6. The van der Waals surface area contributed by atoms with Gasteiger partial charge in [-0.05, 0) is 60.7 Å². The predicted octanol–water partition coefficient (Wildman–Crippen LogP) is 4.11. The summed E-state index contributed by atoms with van der Waals surface area (Å²) in [6, 6.07) is 12.8. The van der Waals surface area contributed by atoms with Crippen LogP contribution in [0.25, 0.3) is 5.57 Å². The molecule has 2 saturated heterocycles. The van der Waals surface area contributed by atoms with Crippen molar-refractivity contribution in [1.82, 2.24) is 4.90 Å². The Labute approximate surface area is 195 Å². The molecule has 174 valence electrons. The van der Waals surface area contributed by atoms with E-state index in [-0.39, 0.29) is 11.9 Å². The van der Waals surface area contributed by atoms with Gasteiger partial charge in [-0.15, -0.1) is 0 Å². The zero-order valence-electron chi connectivity index (χ0n) is 19.9. The molecule has 2 aromatic carbocycles. The molecular formula is C27H32N2O4. The number of rotatable bonds is 4. The van der Waals surface area contributed by atoms with Crippen molar-refractivity contribution in [2.45, 2.75) is 32.7 Å². The van der Waals surface area contributed by atoms with Gasteiger partial charge in [0.2, 0.25) is 5.91 Å². The molecule has 3 aliphatic rings. The molecule has 33 heavy (non-hydrogen) atoms. The molecule has 2 fully saturated rings. The van der Waals surface area contributed by atoms with Gasteiger partial charge in [-0.25, -0.2) is 0 Å². The molecule has 2 aromatic rings. The van der Waals surface area contributed by atoms with Crippen molar-refractivity contribution in [3.05, 3.63) is 59.3 Å². The lowest BCUT2D eigenvalue weighted by Gasteiger charge is -2.37. The van der Waals surface area contributed by atoms with E-state index in [0.29, 0.717) is 16.9 Å². The molecule has 0 radical (unpaired) electrons. The van der Waals surface area contributed by atoms with Gasteiger partial charge in [0, 0.05) is 48.9 Å². The van der Waals surface area contributed by atoms with E-state index in [2.05, 4.69) is 36.1 Å². The fourth-order valence-electron chi connectivity index (χ4n) is 5.36. The third kappa shape index (κ3) is 3.86. The number of carbonyl (C=O) groups excluding carboxylic acids is 1. The molecule has 0 aliphatic carbocycles. The molecule has 6 nitrogen and oxygen atoms in total. The van der Waals surface area contributed by atoms with Crippen molar-refractivity contribution >= 4 is 17.2 Å². The molecule has 1 atom stereocenters. The van der Waals surface area contributed by atoms with Gasteiger partial charge in [-0.1, -0.05) is 12.1 Å². The first kappa shape index (κ1) is 21.8. The van der Waals surface area contributed by atoms with Crippen LogP contribution in [-0.2, 0) is 16.0 Å². The summed E-state index contributed by atoms with van der Waals surface area (Å²) in [4.78, 5) is 16.8. The molecule has 5 rings (SSSR count). The summed E-state index contributed by atoms with van der Waals surface area (Å²) in [6.07, 6.45) is 3.93. The fraction of sp³-hybridized carbons (Fsp3) is 0.444. The maximum absolute atomic E-state index is 12.5. The summed E-state index contributed by atoms with van der Waals surface area (Å²) in [6.45, 7) is 7.60. The number of amides is 1. The second kappa shape index (κ2) is 8.41. The topological polar surface area (TPSA) is 51.2 Å². The molecule has 1 amide bonds. The first-order chi connectivity index (χ1) is 15.9. The molecule has 0 N–H and O–H groups in total. The lowest BCUT2D eigenvalue weighted by atomic mass is 9.85. The number of methoxy groups -OCH3 is 2. The zero-order chi connectivity index (χ0) is 23.2. The van der Waals surface area contributed by atoms with Crippen molar-refractivity contribution in [1.29, 1.82) is 0 Å². The Morgan fingerprint density at radius 1 is 1.09 bits per heavy atom. The van der Waals surface area contributed by atoms with Gasteiger partial charge in [-0.3, -0.25) is 4.79 Å². The van der Waals surface area contributed by atoms with Gasteiger partial charge in [0.15, 0.2) is 11.5 Å². The van der Waals surface area contributed by atoms with E-state index in [1.807, 2.05) is 23.2 Å². The van der Waals surface area contributed by atoms with Crippen molar-refractivity contribution in [2.24, 2.45) is 5.41 Å². The van der Waals surface area contributed by atoms with E-state index < -0.39 is 0 Å². The molecule has 0 aromatic heterocycles. The summed E-state index contributed by atoms with van der Waals surface area (Å²) in [7, 11) is 3.31. The van der Waals surface area contributed by atoms with Crippen LogP contribution in [0.4, 0.5) is 5.69 Å². The number of anilines is 1. The van der Waals surface area contributed by atoms with E-state index in [9.17, 15) is 4.79 Å². The van der Waals surface area contributed by atoms with Gasteiger partial charge >= 0.3 is 0 Å². The highest BCUT2D eigenvalue weighted by molar-refractivity contribution is 5.87. The quantitative estimate of drug-likeness (QED) is 0.705. The summed E-state index contributed by atoms with van der Waals surface area (Å²) >= 11 is 0. The molecule has 3 aliphatic heterocycles. The van der Waals surface area contributed by atoms with Crippen molar-refractivity contribution in [3.8, 4) is 11.5 Å².